The fourth-order valence-electron chi connectivity index (χ4n) is 4.46. The second-order valence-electron chi connectivity index (χ2n) is 8.84. The summed E-state index contributed by atoms with van der Waals surface area (Å²) < 4.78 is 10.8. The molecular weight excluding hydrogens is 380 g/mol. The monoisotopic (exact) mass is 414 g/mol. The number of carbonyl (C=O) groups excluding carboxylic acids is 2. The maximum Gasteiger partial charge on any atom is 0.277 e. The quantitative estimate of drug-likeness (QED) is 0.481. The number of hydrogen-bond donors (Lipinski definition) is 0. The van der Waals surface area contributed by atoms with E-state index in [1.54, 1.807) is 7.11 Å². The Kier molecular flexibility index (Phi) is 7.19. The van der Waals surface area contributed by atoms with Crippen LogP contribution in [0.5, 0.6) is 5.75 Å². The standard InChI is InChI=1S/C24H34N2O4/c1-16(2)30-12-6-11-26-23(27)21(19-7-9-20(29-5)10-8-19)22(24(26)28)25-14-17(3)13-18(4)15-25/h7-10,16-18H,6,11-15H2,1-5H3. The number of piperidine rings is 1. The molecule has 1 fully saturated rings. The molecule has 1 saturated heterocycles. The van der Waals surface area contributed by atoms with Gasteiger partial charge in [-0.25, -0.2) is 0 Å². The van der Waals surface area contributed by atoms with Crippen LogP contribution in [0.15, 0.2) is 30.0 Å². The number of carbonyl (C=O) groups is 2. The third-order valence-electron chi connectivity index (χ3n) is 5.68. The van der Waals surface area contributed by atoms with Gasteiger partial charge in [-0.05, 0) is 56.2 Å². The molecule has 6 heteroatoms. The molecule has 2 amide bonds. The molecule has 0 N–H and O–H groups in total. The van der Waals surface area contributed by atoms with Gasteiger partial charge in [0.15, 0.2) is 0 Å². The molecule has 30 heavy (non-hydrogen) atoms. The zero-order chi connectivity index (χ0) is 21.8. The highest BCUT2D eigenvalue weighted by Gasteiger charge is 2.42. The average Bonchev–Trinajstić information content (AvgIpc) is 2.94. The minimum atomic E-state index is -0.212. The highest BCUT2D eigenvalue weighted by atomic mass is 16.5. The summed E-state index contributed by atoms with van der Waals surface area (Å²) in [5.41, 5.74) is 1.82. The van der Waals surface area contributed by atoms with Crippen molar-refractivity contribution in [3.8, 4) is 5.75 Å². The van der Waals surface area contributed by atoms with Crippen molar-refractivity contribution in [3.63, 3.8) is 0 Å². The van der Waals surface area contributed by atoms with E-state index in [9.17, 15) is 9.59 Å². The van der Waals surface area contributed by atoms with E-state index in [1.807, 2.05) is 38.1 Å². The van der Waals surface area contributed by atoms with Crippen LogP contribution in [0.3, 0.4) is 0 Å². The first-order valence-corrected chi connectivity index (χ1v) is 10.9. The zero-order valence-corrected chi connectivity index (χ0v) is 18.8. The normalized spacial score (nSPS) is 22.5. The first kappa shape index (κ1) is 22.3. The van der Waals surface area contributed by atoms with Crippen molar-refractivity contribution >= 4 is 17.4 Å². The van der Waals surface area contributed by atoms with Crippen molar-refractivity contribution in [1.82, 2.24) is 9.80 Å². The van der Waals surface area contributed by atoms with Gasteiger partial charge in [-0.1, -0.05) is 26.0 Å². The third-order valence-corrected chi connectivity index (χ3v) is 5.68. The summed E-state index contributed by atoms with van der Waals surface area (Å²) in [6.45, 7) is 10.9. The van der Waals surface area contributed by atoms with Gasteiger partial charge < -0.3 is 14.4 Å². The summed E-state index contributed by atoms with van der Waals surface area (Å²) in [6, 6.07) is 7.39. The van der Waals surface area contributed by atoms with E-state index < -0.39 is 0 Å². The Morgan fingerprint density at radius 2 is 1.67 bits per heavy atom. The highest BCUT2D eigenvalue weighted by Crippen LogP contribution is 2.35. The lowest BCUT2D eigenvalue weighted by Gasteiger charge is -2.37. The number of likely N-dealkylation sites (tertiary alicyclic amines) is 1. The van der Waals surface area contributed by atoms with Gasteiger partial charge in [0, 0.05) is 26.2 Å². The van der Waals surface area contributed by atoms with Crippen LogP contribution < -0.4 is 4.74 Å². The second kappa shape index (κ2) is 9.65. The van der Waals surface area contributed by atoms with Crippen molar-refractivity contribution in [3.05, 3.63) is 35.5 Å². The van der Waals surface area contributed by atoms with Crippen LogP contribution in [0, 0.1) is 11.8 Å². The zero-order valence-electron chi connectivity index (χ0n) is 18.8. The number of rotatable bonds is 8. The Morgan fingerprint density at radius 1 is 1.03 bits per heavy atom. The molecule has 0 saturated carbocycles. The summed E-state index contributed by atoms with van der Waals surface area (Å²) in [7, 11) is 1.61. The molecule has 3 rings (SSSR count). The number of methoxy groups -OCH3 is 1. The smallest absolute Gasteiger partial charge is 0.277 e. The van der Waals surface area contributed by atoms with Gasteiger partial charge >= 0.3 is 0 Å². The minimum absolute atomic E-state index is 0.134. The van der Waals surface area contributed by atoms with Gasteiger partial charge in [-0.2, -0.15) is 0 Å². The molecule has 164 valence electrons. The summed E-state index contributed by atoms with van der Waals surface area (Å²) >= 11 is 0. The summed E-state index contributed by atoms with van der Waals surface area (Å²) in [5.74, 6) is 1.29. The number of hydrogen-bond acceptors (Lipinski definition) is 5. The molecule has 6 nitrogen and oxygen atoms in total. The van der Waals surface area contributed by atoms with E-state index in [4.69, 9.17) is 9.47 Å². The molecular formula is C24H34N2O4. The Morgan fingerprint density at radius 3 is 2.23 bits per heavy atom. The van der Waals surface area contributed by atoms with E-state index in [1.165, 1.54) is 4.90 Å². The molecule has 0 aliphatic carbocycles. The second-order valence-corrected chi connectivity index (χ2v) is 8.84. The van der Waals surface area contributed by atoms with E-state index in [-0.39, 0.29) is 17.9 Å². The van der Waals surface area contributed by atoms with Crippen molar-refractivity contribution in [1.29, 1.82) is 0 Å². The predicted molar refractivity (Wildman–Crippen MR) is 117 cm³/mol. The van der Waals surface area contributed by atoms with Crippen molar-refractivity contribution in [2.24, 2.45) is 11.8 Å². The topological polar surface area (TPSA) is 59.1 Å². The molecule has 2 aliphatic heterocycles. The lowest BCUT2D eigenvalue weighted by Crippen LogP contribution is -2.42. The number of ether oxygens (including phenoxy) is 2. The van der Waals surface area contributed by atoms with Gasteiger partial charge in [0.25, 0.3) is 11.8 Å². The lowest BCUT2D eigenvalue weighted by atomic mass is 9.91. The van der Waals surface area contributed by atoms with Crippen LogP contribution in [0.25, 0.3) is 5.57 Å². The molecule has 0 spiro atoms. The molecule has 1 aromatic rings. The van der Waals surface area contributed by atoms with Gasteiger partial charge in [0.1, 0.15) is 11.4 Å². The SMILES string of the molecule is COc1ccc(C2=C(N3CC(C)CC(C)C3)C(=O)N(CCCOC(C)C)C2=O)cc1. The average molecular weight is 415 g/mol. The van der Waals surface area contributed by atoms with E-state index in [0.29, 0.717) is 42.7 Å². The van der Waals surface area contributed by atoms with Crippen LogP contribution in [-0.4, -0.2) is 61.1 Å². The number of imide groups is 1. The molecule has 0 radical (unpaired) electrons. The number of amides is 2. The van der Waals surface area contributed by atoms with Gasteiger partial charge in [0.2, 0.25) is 0 Å². The van der Waals surface area contributed by atoms with Crippen molar-refractivity contribution < 1.29 is 19.1 Å². The number of nitrogens with zero attached hydrogens (tertiary/aromatic N) is 2. The Hall–Kier alpha value is -2.34. The molecule has 2 aliphatic rings. The summed E-state index contributed by atoms with van der Waals surface area (Å²) in [5, 5.41) is 0. The van der Waals surface area contributed by atoms with E-state index >= 15 is 0 Å². The van der Waals surface area contributed by atoms with E-state index in [0.717, 1.165) is 30.8 Å². The lowest BCUT2D eigenvalue weighted by molar-refractivity contribution is -0.138. The highest BCUT2D eigenvalue weighted by molar-refractivity contribution is 6.35. The molecule has 2 heterocycles. The summed E-state index contributed by atoms with van der Waals surface area (Å²) in [6.07, 6.45) is 1.90. The fraction of sp³-hybridized carbons (Fsp3) is 0.583. The van der Waals surface area contributed by atoms with Gasteiger partial charge in [-0.15, -0.1) is 0 Å². The predicted octanol–water partition coefficient (Wildman–Crippen LogP) is 3.57. The minimum Gasteiger partial charge on any atom is -0.497 e. The number of benzene rings is 1. The van der Waals surface area contributed by atoms with Crippen LogP contribution in [0.1, 0.15) is 46.1 Å². The van der Waals surface area contributed by atoms with Crippen LogP contribution >= 0.6 is 0 Å². The molecule has 2 unspecified atom stereocenters. The van der Waals surface area contributed by atoms with E-state index in [2.05, 4.69) is 18.7 Å². The van der Waals surface area contributed by atoms with Gasteiger partial charge in [-0.3, -0.25) is 14.5 Å². The van der Waals surface area contributed by atoms with Crippen molar-refractivity contribution in [2.45, 2.75) is 46.6 Å². The first-order valence-electron chi connectivity index (χ1n) is 10.9. The van der Waals surface area contributed by atoms with Crippen LogP contribution in [0.2, 0.25) is 0 Å². The van der Waals surface area contributed by atoms with Crippen molar-refractivity contribution in [2.75, 3.05) is 33.4 Å². The first-order chi connectivity index (χ1) is 14.3. The summed E-state index contributed by atoms with van der Waals surface area (Å²) in [4.78, 5) is 30.3. The third kappa shape index (κ3) is 4.86. The largest absolute Gasteiger partial charge is 0.497 e. The molecule has 2 atom stereocenters. The Balaban J connectivity index is 1.91. The van der Waals surface area contributed by atoms with Crippen LogP contribution in [0.4, 0.5) is 0 Å². The molecule has 0 bridgehead atoms. The molecule has 0 aromatic heterocycles. The fourth-order valence-corrected chi connectivity index (χ4v) is 4.46. The maximum atomic E-state index is 13.4. The molecule has 1 aromatic carbocycles. The Labute approximate surface area is 179 Å². The Bertz CT molecular complexity index is 790. The van der Waals surface area contributed by atoms with Crippen LogP contribution in [-0.2, 0) is 14.3 Å². The van der Waals surface area contributed by atoms with Gasteiger partial charge in [0.05, 0.1) is 18.8 Å². The maximum absolute atomic E-state index is 13.4.